The highest BCUT2D eigenvalue weighted by Crippen LogP contribution is 2.16. The molecule has 0 fully saturated rings. The van der Waals surface area contributed by atoms with E-state index in [-0.39, 0.29) is 5.69 Å². The molecule has 4 heteroatoms. The van der Waals surface area contributed by atoms with Crippen LogP contribution in [0.1, 0.15) is 12.5 Å². The predicted octanol–water partition coefficient (Wildman–Crippen LogP) is 0.951. The lowest BCUT2D eigenvalue weighted by molar-refractivity contribution is -0.385. The molecule has 0 aliphatic rings. The average Bonchev–Trinajstić information content (AvgIpc) is 2.04. The van der Waals surface area contributed by atoms with Crippen LogP contribution in [-0.2, 0) is 6.42 Å². The third-order valence-corrected chi connectivity index (χ3v) is 1.69. The quantitative estimate of drug-likeness (QED) is 0.368. The van der Waals surface area contributed by atoms with Crippen LogP contribution in [0.3, 0.4) is 0 Å². The van der Waals surface area contributed by atoms with Crippen LogP contribution >= 0.6 is 0 Å². The standard InChI is InChI=1S/C8H8BNO2/c1-2-6-3-4-7(9)5-8(6)10(11)12/h3-5H,2H2,1H3. The van der Waals surface area contributed by atoms with E-state index in [1.165, 1.54) is 6.07 Å². The first kappa shape index (κ1) is 8.78. The molecule has 0 heterocycles. The molecule has 0 saturated heterocycles. The monoisotopic (exact) mass is 161 g/mol. The summed E-state index contributed by atoms with van der Waals surface area (Å²) in [6, 6.07) is 4.75. The summed E-state index contributed by atoms with van der Waals surface area (Å²) < 4.78 is 0. The number of nitro benzene ring substituents is 1. The van der Waals surface area contributed by atoms with Crippen molar-refractivity contribution in [2.24, 2.45) is 0 Å². The first-order chi connectivity index (χ1) is 5.65. The van der Waals surface area contributed by atoms with Gasteiger partial charge in [0, 0.05) is 11.6 Å². The van der Waals surface area contributed by atoms with Crippen molar-refractivity contribution >= 4 is 19.0 Å². The molecule has 0 N–H and O–H groups in total. The van der Waals surface area contributed by atoms with Gasteiger partial charge in [0.05, 0.1) is 4.92 Å². The Morgan fingerprint density at radius 1 is 1.58 bits per heavy atom. The van der Waals surface area contributed by atoms with Crippen LogP contribution in [0.5, 0.6) is 0 Å². The topological polar surface area (TPSA) is 43.1 Å². The van der Waals surface area contributed by atoms with Gasteiger partial charge in [-0.3, -0.25) is 10.1 Å². The molecule has 0 saturated carbocycles. The van der Waals surface area contributed by atoms with Gasteiger partial charge in [-0.05, 0) is 6.42 Å². The fourth-order valence-electron chi connectivity index (χ4n) is 1.05. The van der Waals surface area contributed by atoms with Crippen LogP contribution in [-0.4, -0.2) is 12.8 Å². The average molecular weight is 161 g/mol. The van der Waals surface area contributed by atoms with E-state index in [1.54, 1.807) is 12.1 Å². The Morgan fingerprint density at radius 3 is 2.75 bits per heavy atom. The first-order valence-electron chi connectivity index (χ1n) is 3.68. The third kappa shape index (κ3) is 1.64. The van der Waals surface area contributed by atoms with Crippen molar-refractivity contribution in [1.29, 1.82) is 0 Å². The van der Waals surface area contributed by atoms with Gasteiger partial charge in [-0.15, -0.1) is 0 Å². The van der Waals surface area contributed by atoms with E-state index >= 15 is 0 Å². The minimum absolute atomic E-state index is 0.109. The summed E-state index contributed by atoms with van der Waals surface area (Å²) >= 11 is 0. The molecule has 3 nitrogen and oxygen atoms in total. The Balaban J connectivity index is 3.21. The summed E-state index contributed by atoms with van der Waals surface area (Å²) in [4.78, 5) is 10.1. The molecule has 1 rings (SSSR count). The lowest BCUT2D eigenvalue weighted by Gasteiger charge is -1.99. The van der Waals surface area contributed by atoms with Crippen molar-refractivity contribution in [3.8, 4) is 0 Å². The van der Waals surface area contributed by atoms with Crippen molar-refractivity contribution in [1.82, 2.24) is 0 Å². The minimum Gasteiger partial charge on any atom is -0.258 e. The minimum atomic E-state index is -0.408. The van der Waals surface area contributed by atoms with Gasteiger partial charge >= 0.3 is 0 Å². The zero-order chi connectivity index (χ0) is 9.14. The predicted molar refractivity (Wildman–Crippen MR) is 47.9 cm³/mol. The maximum atomic E-state index is 10.5. The van der Waals surface area contributed by atoms with Gasteiger partial charge in [-0.1, -0.05) is 24.5 Å². The maximum Gasteiger partial charge on any atom is 0.271 e. The van der Waals surface area contributed by atoms with Crippen LogP contribution in [0.15, 0.2) is 18.2 Å². The number of rotatable bonds is 2. The molecule has 0 atom stereocenters. The zero-order valence-electron chi connectivity index (χ0n) is 6.78. The fourth-order valence-corrected chi connectivity index (χ4v) is 1.05. The Labute approximate surface area is 72.0 Å². The van der Waals surface area contributed by atoms with Crippen molar-refractivity contribution in [3.63, 3.8) is 0 Å². The second kappa shape index (κ2) is 3.39. The van der Waals surface area contributed by atoms with Gasteiger partial charge in [0.25, 0.3) is 5.69 Å². The summed E-state index contributed by atoms with van der Waals surface area (Å²) in [5.74, 6) is 0. The second-order valence-corrected chi connectivity index (χ2v) is 2.50. The van der Waals surface area contributed by atoms with E-state index in [4.69, 9.17) is 7.85 Å². The van der Waals surface area contributed by atoms with Gasteiger partial charge in [-0.2, -0.15) is 0 Å². The number of aryl methyl sites for hydroxylation is 1. The van der Waals surface area contributed by atoms with Gasteiger partial charge in [0.15, 0.2) is 0 Å². The van der Waals surface area contributed by atoms with Gasteiger partial charge in [0.1, 0.15) is 7.85 Å². The molecule has 1 aromatic carbocycles. The third-order valence-electron chi connectivity index (χ3n) is 1.69. The molecule has 0 spiro atoms. The normalized spacial score (nSPS) is 9.75. The molecular formula is C8H8BNO2. The zero-order valence-corrected chi connectivity index (χ0v) is 6.78. The molecule has 2 radical (unpaired) electrons. The van der Waals surface area contributed by atoms with Crippen LogP contribution in [0.25, 0.3) is 0 Å². The fraction of sp³-hybridized carbons (Fsp3) is 0.250. The van der Waals surface area contributed by atoms with E-state index in [0.29, 0.717) is 17.4 Å². The van der Waals surface area contributed by atoms with Crippen molar-refractivity contribution < 1.29 is 4.92 Å². The van der Waals surface area contributed by atoms with Gasteiger partial charge < -0.3 is 0 Å². The second-order valence-electron chi connectivity index (χ2n) is 2.50. The van der Waals surface area contributed by atoms with Crippen molar-refractivity contribution in [3.05, 3.63) is 33.9 Å². The molecule has 0 aromatic heterocycles. The van der Waals surface area contributed by atoms with E-state index in [0.717, 1.165) is 0 Å². The molecule has 12 heavy (non-hydrogen) atoms. The van der Waals surface area contributed by atoms with E-state index < -0.39 is 4.92 Å². The highest BCUT2D eigenvalue weighted by Gasteiger charge is 2.10. The number of benzene rings is 1. The maximum absolute atomic E-state index is 10.5. The lowest BCUT2D eigenvalue weighted by atomic mass is 9.94. The van der Waals surface area contributed by atoms with Crippen molar-refractivity contribution in [2.75, 3.05) is 0 Å². The Bertz CT molecular complexity index is 312. The summed E-state index contributed by atoms with van der Waals surface area (Å²) in [6.07, 6.45) is 0.649. The summed E-state index contributed by atoms with van der Waals surface area (Å²) in [6.45, 7) is 1.87. The van der Waals surface area contributed by atoms with E-state index in [9.17, 15) is 10.1 Å². The Kier molecular flexibility index (Phi) is 2.48. The van der Waals surface area contributed by atoms with Crippen LogP contribution < -0.4 is 5.46 Å². The number of nitrogens with zero attached hydrogens (tertiary/aromatic N) is 1. The Hall–Kier alpha value is -1.32. The molecule has 0 aliphatic heterocycles. The molecule has 0 unspecified atom stereocenters. The molecule has 1 aromatic rings. The summed E-state index contributed by atoms with van der Waals surface area (Å²) in [5, 5.41) is 10.5. The molecule has 0 bridgehead atoms. The smallest absolute Gasteiger partial charge is 0.258 e. The first-order valence-corrected chi connectivity index (χ1v) is 3.68. The molecule has 0 amide bonds. The van der Waals surface area contributed by atoms with Gasteiger partial charge in [-0.25, -0.2) is 0 Å². The SMILES string of the molecule is [B]c1ccc(CC)c([N+](=O)[O-])c1. The van der Waals surface area contributed by atoms with Crippen molar-refractivity contribution in [2.45, 2.75) is 13.3 Å². The molecular weight excluding hydrogens is 153 g/mol. The largest absolute Gasteiger partial charge is 0.271 e. The molecule has 0 aliphatic carbocycles. The van der Waals surface area contributed by atoms with E-state index in [2.05, 4.69) is 0 Å². The van der Waals surface area contributed by atoms with Gasteiger partial charge in [0.2, 0.25) is 0 Å². The van der Waals surface area contributed by atoms with Crippen LogP contribution in [0.4, 0.5) is 5.69 Å². The van der Waals surface area contributed by atoms with Crippen LogP contribution in [0, 0.1) is 10.1 Å². The Morgan fingerprint density at radius 2 is 2.25 bits per heavy atom. The summed E-state index contributed by atoms with van der Waals surface area (Å²) in [7, 11) is 5.42. The number of nitro groups is 1. The number of hydrogen-bond donors (Lipinski definition) is 0. The van der Waals surface area contributed by atoms with Crippen LogP contribution in [0.2, 0.25) is 0 Å². The highest BCUT2D eigenvalue weighted by atomic mass is 16.6. The number of hydrogen-bond acceptors (Lipinski definition) is 2. The summed E-state index contributed by atoms with van der Waals surface area (Å²) in [5.41, 5.74) is 1.26. The molecule has 60 valence electrons. The van der Waals surface area contributed by atoms with E-state index in [1.807, 2.05) is 6.92 Å². The highest BCUT2D eigenvalue weighted by molar-refractivity contribution is 6.32. The lowest BCUT2D eigenvalue weighted by Crippen LogP contribution is -2.05.